The third-order valence-corrected chi connectivity index (χ3v) is 3.37. The van der Waals surface area contributed by atoms with Crippen molar-refractivity contribution in [2.45, 2.75) is 20.8 Å². The van der Waals surface area contributed by atoms with Crippen molar-refractivity contribution in [2.24, 2.45) is 11.8 Å². The highest BCUT2D eigenvalue weighted by molar-refractivity contribution is 9.10. The summed E-state index contributed by atoms with van der Waals surface area (Å²) in [6.07, 6.45) is 0. The summed E-state index contributed by atoms with van der Waals surface area (Å²) in [5.41, 5.74) is 1.50. The quantitative estimate of drug-likeness (QED) is 0.873. The highest BCUT2D eigenvalue weighted by Crippen LogP contribution is 2.16. The molecule has 1 atom stereocenters. The zero-order chi connectivity index (χ0) is 14.6. The summed E-state index contributed by atoms with van der Waals surface area (Å²) in [5.74, 6) is -1.74. The second-order valence-corrected chi connectivity index (χ2v) is 5.83. The fourth-order valence-corrected chi connectivity index (χ4v) is 2.39. The fraction of sp³-hybridized carbons (Fsp3) is 0.429. The molecule has 0 aliphatic rings. The number of aryl methyl sites for hydroxylation is 1. The first-order valence-corrected chi connectivity index (χ1v) is 6.88. The summed E-state index contributed by atoms with van der Waals surface area (Å²) in [7, 11) is 0. The van der Waals surface area contributed by atoms with E-state index in [1.807, 2.05) is 26.8 Å². The number of nitrogens with one attached hydrogen (secondary N) is 1. The number of rotatable bonds is 5. The van der Waals surface area contributed by atoms with E-state index in [0.29, 0.717) is 5.56 Å². The zero-order valence-electron chi connectivity index (χ0n) is 11.2. The van der Waals surface area contributed by atoms with Gasteiger partial charge in [-0.3, -0.25) is 9.59 Å². The third kappa shape index (κ3) is 4.67. The molecule has 0 aliphatic heterocycles. The lowest BCUT2D eigenvalue weighted by Crippen LogP contribution is -2.35. The smallest absolute Gasteiger partial charge is 0.308 e. The van der Waals surface area contributed by atoms with Crippen molar-refractivity contribution < 1.29 is 14.7 Å². The molecule has 5 heteroatoms. The SMILES string of the molecule is Cc1cc(Br)cc(C(=O)NCC(C(=O)O)C(C)C)c1. The van der Waals surface area contributed by atoms with Crippen LogP contribution in [0.4, 0.5) is 0 Å². The third-order valence-electron chi connectivity index (χ3n) is 2.91. The number of halogens is 1. The van der Waals surface area contributed by atoms with Gasteiger partial charge in [0.05, 0.1) is 5.92 Å². The maximum absolute atomic E-state index is 12.0. The molecule has 1 rings (SSSR count). The normalized spacial score (nSPS) is 12.3. The summed E-state index contributed by atoms with van der Waals surface area (Å²) >= 11 is 3.33. The molecule has 0 aliphatic carbocycles. The Bertz CT molecular complexity index is 465. The van der Waals surface area contributed by atoms with Gasteiger partial charge < -0.3 is 10.4 Å². The van der Waals surface area contributed by atoms with Gasteiger partial charge in [0, 0.05) is 16.6 Å². The van der Waals surface area contributed by atoms with Gasteiger partial charge in [-0.05, 0) is 36.6 Å². The molecule has 0 radical (unpaired) electrons. The molecule has 0 aromatic heterocycles. The number of carbonyl (C=O) groups is 2. The minimum Gasteiger partial charge on any atom is -0.481 e. The van der Waals surface area contributed by atoms with Crippen LogP contribution in [-0.2, 0) is 4.79 Å². The van der Waals surface area contributed by atoms with Gasteiger partial charge in [-0.2, -0.15) is 0 Å². The molecule has 2 N–H and O–H groups in total. The summed E-state index contributed by atoms with van der Waals surface area (Å²) in [4.78, 5) is 23.0. The molecule has 1 aromatic rings. The van der Waals surface area contributed by atoms with Crippen LogP contribution in [-0.4, -0.2) is 23.5 Å². The van der Waals surface area contributed by atoms with Gasteiger partial charge in [0.1, 0.15) is 0 Å². The Balaban J connectivity index is 2.72. The maximum atomic E-state index is 12.0. The van der Waals surface area contributed by atoms with E-state index in [4.69, 9.17) is 5.11 Å². The molecule has 19 heavy (non-hydrogen) atoms. The van der Waals surface area contributed by atoms with Crippen LogP contribution in [0.25, 0.3) is 0 Å². The largest absolute Gasteiger partial charge is 0.481 e. The first-order chi connectivity index (χ1) is 8.81. The highest BCUT2D eigenvalue weighted by atomic mass is 79.9. The molecule has 1 aromatic carbocycles. The number of carboxylic acids is 1. The molecule has 104 valence electrons. The van der Waals surface area contributed by atoms with E-state index in [-0.39, 0.29) is 18.4 Å². The van der Waals surface area contributed by atoms with Crippen LogP contribution in [0.15, 0.2) is 22.7 Å². The number of benzene rings is 1. The number of aliphatic carboxylic acids is 1. The van der Waals surface area contributed by atoms with Crippen LogP contribution in [0.3, 0.4) is 0 Å². The standard InChI is InChI=1S/C14H18BrNO3/c1-8(2)12(14(18)19)7-16-13(17)10-4-9(3)5-11(15)6-10/h4-6,8,12H,7H2,1-3H3,(H,16,17)(H,18,19). The van der Waals surface area contributed by atoms with Crippen molar-refractivity contribution in [3.05, 3.63) is 33.8 Å². The Kier molecular flexibility index (Phi) is 5.54. The van der Waals surface area contributed by atoms with Crippen molar-refractivity contribution >= 4 is 27.8 Å². The molecule has 0 spiro atoms. The van der Waals surface area contributed by atoms with Crippen molar-refractivity contribution in [2.75, 3.05) is 6.54 Å². The van der Waals surface area contributed by atoms with E-state index in [0.717, 1.165) is 10.0 Å². The van der Waals surface area contributed by atoms with E-state index >= 15 is 0 Å². The average Bonchev–Trinajstić information content (AvgIpc) is 2.26. The summed E-state index contributed by atoms with van der Waals surface area (Å²) in [6, 6.07) is 5.39. The predicted octanol–water partition coefficient (Wildman–Crippen LogP) is 2.84. The number of carbonyl (C=O) groups excluding carboxylic acids is 1. The van der Waals surface area contributed by atoms with E-state index < -0.39 is 11.9 Å². The minimum atomic E-state index is -0.888. The summed E-state index contributed by atoms with van der Waals surface area (Å²) < 4.78 is 0.830. The fourth-order valence-electron chi connectivity index (χ4n) is 1.78. The first kappa shape index (κ1) is 15.7. The van der Waals surface area contributed by atoms with E-state index in [9.17, 15) is 9.59 Å². The Morgan fingerprint density at radius 1 is 1.32 bits per heavy atom. The van der Waals surface area contributed by atoms with Crippen LogP contribution < -0.4 is 5.32 Å². The Hall–Kier alpha value is -1.36. The summed E-state index contributed by atoms with van der Waals surface area (Å²) in [6.45, 7) is 5.69. The van der Waals surface area contributed by atoms with Crippen molar-refractivity contribution in [3.63, 3.8) is 0 Å². The molecular formula is C14H18BrNO3. The number of hydrogen-bond acceptors (Lipinski definition) is 2. The Morgan fingerprint density at radius 3 is 2.42 bits per heavy atom. The van der Waals surface area contributed by atoms with Gasteiger partial charge >= 0.3 is 5.97 Å². The van der Waals surface area contributed by atoms with Gasteiger partial charge in [-0.1, -0.05) is 29.8 Å². The highest BCUT2D eigenvalue weighted by Gasteiger charge is 2.22. The van der Waals surface area contributed by atoms with Gasteiger partial charge in [0.25, 0.3) is 5.91 Å². The maximum Gasteiger partial charge on any atom is 0.308 e. The second-order valence-electron chi connectivity index (χ2n) is 4.92. The topological polar surface area (TPSA) is 66.4 Å². The zero-order valence-corrected chi connectivity index (χ0v) is 12.8. The first-order valence-electron chi connectivity index (χ1n) is 6.09. The molecule has 0 saturated carbocycles. The van der Waals surface area contributed by atoms with Crippen LogP contribution in [0.5, 0.6) is 0 Å². The monoisotopic (exact) mass is 327 g/mol. The van der Waals surface area contributed by atoms with Gasteiger partial charge in [0.15, 0.2) is 0 Å². The van der Waals surface area contributed by atoms with Crippen LogP contribution in [0, 0.1) is 18.8 Å². The molecular weight excluding hydrogens is 310 g/mol. The molecule has 1 unspecified atom stereocenters. The van der Waals surface area contributed by atoms with Crippen molar-refractivity contribution in [1.82, 2.24) is 5.32 Å². The van der Waals surface area contributed by atoms with Gasteiger partial charge in [-0.15, -0.1) is 0 Å². The molecule has 0 bridgehead atoms. The lowest BCUT2D eigenvalue weighted by Gasteiger charge is -2.16. The predicted molar refractivity (Wildman–Crippen MR) is 77.2 cm³/mol. The molecule has 0 heterocycles. The van der Waals surface area contributed by atoms with Gasteiger partial charge in [0.2, 0.25) is 0 Å². The lowest BCUT2D eigenvalue weighted by molar-refractivity contribution is -0.142. The number of carboxylic acid groups (broad SMARTS) is 1. The van der Waals surface area contributed by atoms with Crippen molar-refractivity contribution in [1.29, 1.82) is 0 Å². The average molecular weight is 328 g/mol. The molecule has 0 saturated heterocycles. The Morgan fingerprint density at radius 2 is 1.95 bits per heavy atom. The van der Waals surface area contributed by atoms with E-state index in [1.54, 1.807) is 12.1 Å². The van der Waals surface area contributed by atoms with Crippen molar-refractivity contribution in [3.8, 4) is 0 Å². The minimum absolute atomic E-state index is 0.0259. The summed E-state index contributed by atoms with van der Waals surface area (Å²) in [5, 5.41) is 11.7. The molecule has 0 fully saturated rings. The Labute approximate surface area is 121 Å². The van der Waals surface area contributed by atoms with Crippen LogP contribution >= 0.6 is 15.9 Å². The second kappa shape index (κ2) is 6.70. The van der Waals surface area contributed by atoms with Crippen LogP contribution in [0.2, 0.25) is 0 Å². The van der Waals surface area contributed by atoms with Crippen LogP contribution in [0.1, 0.15) is 29.8 Å². The molecule has 4 nitrogen and oxygen atoms in total. The molecule has 1 amide bonds. The number of hydrogen-bond donors (Lipinski definition) is 2. The number of amides is 1. The lowest BCUT2D eigenvalue weighted by atomic mass is 9.96. The van der Waals surface area contributed by atoms with E-state index in [1.165, 1.54) is 0 Å². The van der Waals surface area contributed by atoms with Gasteiger partial charge in [-0.25, -0.2) is 0 Å². The van der Waals surface area contributed by atoms with E-state index in [2.05, 4.69) is 21.2 Å².